The topological polar surface area (TPSA) is 42.1 Å². The third-order valence-corrected chi connectivity index (χ3v) is 6.09. The molecule has 0 radical (unpaired) electrons. The fraction of sp³-hybridized carbons (Fsp3) is 0.207. The van der Waals surface area contributed by atoms with Crippen molar-refractivity contribution in [3.63, 3.8) is 0 Å². The van der Waals surface area contributed by atoms with Crippen LogP contribution in [0.3, 0.4) is 0 Å². The van der Waals surface area contributed by atoms with E-state index in [-0.39, 0.29) is 6.04 Å². The van der Waals surface area contributed by atoms with Gasteiger partial charge in [-0.2, -0.15) is 0 Å². The van der Waals surface area contributed by atoms with Gasteiger partial charge in [0.05, 0.1) is 6.04 Å². The number of nitrogens with two attached hydrogens (primary N) is 1. The Balaban J connectivity index is 1.66. The minimum atomic E-state index is 0.0454. The Morgan fingerprint density at radius 3 is 1.84 bits per heavy atom. The first kappa shape index (κ1) is 21.8. The first-order chi connectivity index (χ1) is 15.5. The molecule has 0 aliphatic carbocycles. The number of rotatable bonds is 7. The van der Waals surface area contributed by atoms with Gasteiger partial charge in [-0.1, -0.05) is 84.9 Å². The lowest BCUT2D eigenvalue weighted by Gasteiger charge is -2.28. The molecule has 0 aliphatic heterocycles. The highest BCUT2D eigenvalue weighted by Crippen LogP contribution is 2.34. The molecule has 0 aliphatic rings. The second-order valence-electron chi connectivity index (χ2n) is 8.64. The lowest BCUT2D eigenvalue weighted by Crippen LogP contribution is -2.24. The molecule has 0 fully saturated rings. The average Bonchev–Trinajstić information content (AvgIpc) is 2.80. The van der Waals surface area contributed by atoms with Crippen molar-refractivity contribution < 1.29 is 0 Å². The summed E-state index contributed by atoms with van der Waals surface area (Å²) >= 11 is 0. The molecule has 1 aromatic heterocycles. The molecule has 0 bridgehead atoms. The van der Waals surface area contributed by atoms with Crippen LogP contribution in [0.25, 0.3) is 0 Å². The summed E-state index contributed by atoms with van der Waals surface area (Å²) in [6.07, 6.45) is 3.71. The molecule has 1 unspecified atom stereocenters. The van der Waals surface area contributed by atoms with Crippen molar-refractivity contribution in [1.82, 2.24) is 9.88 Å². The highest BCUT2D eigenvalue weighted by molar-refractivity contribution is 5.53. The Morgan fingerprint density at radius 1 is 0.750 bits per heavy atom. The van der Waals surface area contributed by atoms with E-state index in [0.717, 1.165) is 18.4 Å². The number of anilines is 1. The summed E-state index contributed by atoms with van der Waals surface area (Å²) in [4.78, 5) is 6.81. The first-order valence-corrected chi connectivity index (χ1v) is 11.1. The zero-order valence-corrected chi connectivity index (χ0v) is 19.1. The van der Waals surface area contributed by atoms with Gasteiger partial charge in [-0.15, -0.1) is 0 Å². The van der Waals surface area contributed by atoms with Gasteiger partial charge in [-0.25, -0.2) is 4.98 Å². The van der Waals surface area contributed by atoms with Crippen LogP contribution in [0.5, 0.6) is 0 Å². The minimum Gasteiger partial charge on any atom is -0.383 e. The molecular weight excluding hydrogens is 390 g/mol. The number of nitrogen functional groups attached to an aromatic ring is 1. The monoisotopic (exact) mass is 421 g/mol. The van der Waals surface area contributed by atoms with Crippen molar-refractivity contribution in [3.8, 4) is 0 Å². The maximum absolute atomic E-state index is 6.45. The summed E-state index contributed by atoms with van der Waals surface area (Å²) in [5.74, 6) is 0.603. The van der Waals surface area contributed by atoms with E-state index in [9.17, 15) is 0 Å². The van der Waals surface area contributed by atoms with E-state index in [4.69, 9.17) is 5.73 Å². The summed E-state index contributed by atoms with van der Waals surface area (Å²) in [5, 5.41) is 0. The lowest BCUT2D eigenvalue weighted by molar-refractivity contribution is 0.341. The van der Waals surface area contributed by atoms with Gasteiger partial charge in [0.2, 0.25) is 0 Å². The van der Waals surface area contributed by atoms with E-state index in [2.05, 4.69) is 110 Å². The zero-order chi connectivity index (χ0) is 22.5. The fourth-order valence-corrected chi connectivity index (χ4v) is 4.39. The molecule has 162 valence electrons. The Hall–Kier alpha value is -3.43. The molecule has 4 rings (SSSR count). The maximum atomic E-state index is 6.45. The standard InChI is InChI=1S/C29H31N3/c1-21-26(19-23-12-8-5-9-13-23)20-31-29(30)27(21)28(32(2)3)25-16-14-24(15-17-25)18-22-10-6-4-7-11-22/h4-17,20,28H,18-19H2,1-3H3,(H2,30,31). The van der Waals surface area contributed by atoms with Gasteiger partial charge in [0, 0.05) is 11.8 Å². The largest absolute Gasteiger partial charge is 0.383 e. The summed E-state index contributed by atoms with van der Waals surface area (Å²) in [5.41, 5.74) is 15.1. The van der Waals surface area contributed by atoms with E-state index < -0.39 is 0 Å². The third kappa shape index (κ3) is 4.90. The summed E-state index contributed by atoms with van der Waals surface area (Å²) in [6, 6.07) is 30.1. The molecular formula is C29H31N3. The van der Waals surface area contributed by atoms with E-state index in [1.807, 2.05) is 12.3 Å². The SMILES string of the molecule is Cc1c(Cc2ccccc2)cnc(N)c1C(c1ccc(Cc2ccccc2)cc1)N(C)C. The molecule has 0 saturated carbocycles. The normalized spacial score (nSPS) is 12.1. The highest BCUT2D eigenvalue weighted by atomic mass is 15.1. The molecule has 0 amide bonds. The molecule has 2 N–H and O–H groups in total. The summed E-state index contributed by atoms with van der Waals surface area (Å²) < 4.78 is 0. The molecule has 32 heavy (non-hydrogen) atoms. The maximum Gasteiger partial charge on any atom is 0.128 e. The van der Waals surface area contributed by atoms with Gasteiger partial charge < -0.3 is 5.73 Å². The number of nitrogens with zero attached hydrogens (tertiary/aromatic N) is 2. The van der Waals surface area contributed by atoms with Crippen LogP contribution in [0.1, 0.15) is 45.0 Å². The van der Waals surface area contributed by atoms with E-state index in [1.54, 1.807) is 0 Å². The van der Waals surface area contributed by atoms with Crippen LogP contribution in [0.2, 0.25) is 0 Å². The Bertz CT molecular complexity index is 1150. The molecule has 3 heteroatoms. The van der Waals surface area contributed by atoms with Gasteiger partial charge >= 0.3 is 0 Å². The van der Waals surface area contributed by atoms with Gasteiger partial charge in [0.1, 0.15) is 5.82 Å². The minimum absolute atomic E-state index is 0.0454. The number of pyridine rings is 1. The molecule has 1 atom stereocenters. The van der Waals surface area contributed by atoms with Crippen molar-refractivity contribution in [2.24, 2.45) is 0 Å². The molecule has 3 aromatic carbocycles. The fourth-order valence-electron chi connectivity index (χ4n) is 4.39. The molecule has 3 nitrogen and oxygen atoms in total. The smallest absolute Gasteiger partial charge is 0.128 e. The van der Waals surface area contributed by atoms with Gasteiger partial charge in [0.25, 0.3) is 0 Å². The Kier molecular flexibility index (Phi) is 6.67. The second kappa shape index (κ2) is 9.80. The molecule has 0 saturated heterocycles. The predicted molar refractivity (Wildman–Crippen MR) is 134 cm³/mol. The van der Waals surface area contributed by atoms with Crippen molar-refractivity contribution >= 4 is 5.82 Å². The van der Waals surface area contributed by atoms with Crippen LogP contribution in [-0.4, -0.2) is 24.0 Å². The molecule has 0 spiro atoms. The molecule has 4 aromatic rings. The van der Waals surface area contributed by atoms with Crippen LogP contribution < -0.4 is 5.73 Å². The van der Waals surface area contributed by atoms with Crippen LogP contribution in [0, 0.1) is 6.92 Å². The van der Waals surface area contributed by atoms with Crippen molar-refractivity contribution in [2.45, 2.75) is 25.8 Å². The van der Waals surface area contributed by atoms with Crippen LogP contribution >= 0.6 is 0 Å². The zero-order valence-electron chi connectivity index (χ0n) is 19.1. The highest BCUT2D eigenvalue weighted by Gasteiger charge is 2.23. The number of aromatic nitrogens is 1. The van der Waals surface area contributed by atoms with Gasteiger partial charge in [0.15, 0.2) is 0 Å². The first-order valence-electron chi connectivity index (χ1n) is 11.1. The second-order valence-corrected chi connectivity index (χ2v) is 8.64. The third-order valence-electron chi connectivity index (χ3n) is 6.09. The summed E-state index contributed by atoms with van der Waals surface area (Å²) in [6.45, 7) is 2.17. The Labute approximate surface area is 191 Å². The number of benzene rings is 3. The van der Waals surface area contributed by atoms with E-state index >= 15 is 0 Å². The van der Waals surface area contributed by atoms with Gasteiger partial charge in [-0.05, 0) is 67.2 Å². The van der Waals surface area contributed by atoms with Crippen LogP contribution in [-0.2, 0) is 12.8 Å². The van der Waals surface area contributed by atoms with E-state index in [0.29, 0.717) is 5.82 Å². The Morgan fingerprint density at radius 2 is 1.28 bits per heavy atom. The van der Waals surface area contributed by atoms with E-state index in [1.165, 1.54) is 33.4 Å². The van der Waals surface area contributed by atoms with Crippen LogP contribution in [0.4, 0.5) is 5.82 Å². The van der Waals surface area contributed by atoms with Crippen molar-refractivity contribution in [3.05, 3.63) is 130 Å². The van der Waals surface area contributed by atoms with Crippen molar-refractivity contribution in [1.29, 1.82) is 0 Å². The summed E-state index contributed by atoms with van der Waals surface area (Å²) in [7, 11) is 4.20. The predicted octanol–water partition coefficient (Wildman–Crippen LogP) is 5.80. The van der Waals surface area contributed by atoms with Crippen LogP contribution in [0.15, 0.2) is 91.1 Å². The van der Waals surface area contributed by atoms with Gasteiger partial charge in [-0.3, -0.25) is 4.90 Å². The van der Waals surface area contributed by atoms with Crippen molar-refractivity contribution in [2.75, 3.05) is 19.8 Å². The quantitative estimate of drug-likeness (QED) is 0.410. The number of hydrogen-bond donors (Lipinski definition) is 1. The number of hydrogen-bond acceptors (Lipinski definition) is 3. The average molecular weight is 422 g/mol. The lowest BCUT2D eigenvalue weighted by atomic mass is 9.90. The molecule has 1 heterocycles.